The molecule has 2 aromatic rings. The molecule has 0 saturated carbocycles. The van der Waals surface area contributed by atoms with Crippen LogP contribution in [0.15, 0.2) is 12.1 Å². The lowest BCUT2D eigenvalue weighted by Gasteiger charge is -2.06. The van der Waals surface area contributed by atoms with Crippen LogP contribution in [0.5, 0.6) is 0 Å². The van der Waals surface area contributed by atoms with Gasteiger partial charge in [0.2, 0.25) is 5.95 Å². The smallest absolute Gasteiger partial charge is 0.253 e. The fourth-order valence-corrected chi connectivity index (χ4v) is 3.60. The van der Waals surface area contributed by atoms with Crippen molar-refractivity contribution >= 4 is 17.2 Å². The standard InChI is InChI=1S/C15H16FN3OS/c1-9-10(6-7-13(16)18-9)15(20)17-8-14-19-11-4-2-3-5-12(11)21-14/h6-7H,2-5,8H2,1H3,(H,17,20). The highest BCUT2D eigenvalue weighted by molar-refractivity contribution is 7.11. The van der Waals surface area contributed by atoms with Crippen LogP contribution in [0.1, 0.15) is 44.5 Å². The molecule has 1 aliphatic carbocycles. The summed E-state index contributed by atoms with van der Waals surface area (Å²) >= 11 is 1.68. The molecule has 110 valence electrons. The first-order valence-electron chi connectivity index (χ1n) is 7.02. The summed E-state index contributed by atoms with van der Waals surface area (Å²) in [4.78, 5) is 21.7. The maximum absolute atomic E-state index is 12.9. The van der Waals surface area contributed by atoms with E-state index in [4.69, 9.17) is 0 Å². The molecule has 1 aliphatic rings. The van der Waals surface area contributed by atoms with Gasteiger partial charge in [-0.1, -0.05) is 0 Å². The van der Waals surface area contributed by atoms with Gasteiger partial charge in [-0.05, 0) is 44.7 Å². The number of carbonyl (C=O) groups is 1. The Labute approximate surface area is 126 Å². The topological polar surface area (TPSA) is 54.9 Å². The van der Waals surface area contributed by atoms with E-state index in [9.17, 15) is 9.18 Å². The Hall–Kier alpha value is -1.82. The van der Waals surface area contributed by atoms with Crippen LogP contribution >= 0.6 is 11.3 Å². The average molecular weight is 305 g/mol. The van der Waals surface area contributed by atoms with Crippen molar-refractivity contribution in [3.63, 3.8) is 0 Å². The second-order valence-corrected chi connectivity index (χ2v) is 6.30. The first kappa shape index (κ1) is 14.1. The van der Waals surface area contributed by atoms with E-state index >= 15 is 0 Å². The maximum Gasteiger partial charge on any atom is 0.253 e. The number of carbonyl (C=O) groups excluding carboxylic acids is 1. The Kier molecular flexibility index (Phi) is 3.96. The number of nitrogens with one attached hydrogen (secondary N) is 1. The van der Waals surface area contributed by atoms with Crippen LogP contribution in [0.3, 0.4) is 0 Å². The number of hydrogen-bond donors (Lipinski definition) is 1. The van der Waals surface area contributed by atoms with Crippen LogP contribution in [-0.2, 0) is 19.4 Å². The van der Waals surface area contributed by atoms with Crippen LogP contribution in [0.25, 0.3) is 0 Å². The van der Waals surface area contributed by atoms with Crippen molar-refractivity contribution in [2.45, 2.75) is 39.2 Å². The van der Waals surface area contributed by atoms with Crippen molar-refractivity contribution in [1.29, 1.82) is 0 Å². The lowest BCUT2D eigenvalue weighted by molar-refractivity contribution is 0.0949. The highest BCUT2D eigenvalue weighted by Gasteiger charge is 2.16. The van der Waals surface area contributed by atoms with E-state index in [1.54, 1.807) is 18.3 Å². The lowest BCUT2D eigenvalue weighted by atomic mass is 10.0. The molecule has 4 nitrogen and oxygen atoms in total. The molecule has 0 bridgehead atoms. The van der Waals surface area contributed by atoms with Gasteiger partial charge in [-0.25, -0.2) is 9.97 Å². The van der Waals surface area contributed by atoms with Gasteiger partial charge in [0.25, 0.3) is 5.91 Å². The van der Waals surface area contributed by atoms with Gasteiger partial charge in [0, 0.05) is 4.88 Å². The summed E-state index contributed by atoms with van der Waals surface area (Å²) in [5.74, 6) is -0.815. The molecule has 0 unspecified atom stereocenters. The third kappa shape index (κ3) is 3.10. The number of halogens is 1. The van der Waals surface area contributed by atoms with E-state index in [0.29, 0.717) is 17.8 Å². The summed E-state index contributed by atoms with van der Waals surface area (Å²) < 4.78 is 12.9. The molecule has 1 amide bonds. The Balaban J connectivity index is 1.67. The number of rotatable bonds is 3. The number of hydrogen-bond acceptors (Lipinski definition) is 4. The number of fused-ring (bicyclic) bond motifs is 1. The minimum Gasteiger partial charge on any atom is -0.345 e. The van der Waals surface area contributed by atoms with Crippen LogP contribution in [0.4, 0.5) is 4.39 Å². The molecule has 2 heterocycles. The van der Waals surface area contributed by atoms with Crippen molar-refractivity contribution < 1.29 is 9.18 Å². The first-order chi connectivity index (χ1) is 10.1. The molecule has 0 atom stereocenters. The molecule has 1 N–H and O–H groups in total. The Morgan fingerprint density at radius 3 is 2.90 bits per heavy atom. The molecule has 0 radical (unpaired) electrons. The predicted octanol–water partition coefficient (Wildman–Crippen LogP) is 2.79. The van der Waals surface area contributed by atoms with Crippen LogP contribution in [-0.4, -0.2) is 15.9 Å². The number of aryl methyl sites for hydroxylation is 3. The number of nitrogens with zero attached hydrogens (tertiary/aromatic N) is 2. The molecule has 2 aromatic heterocycles. The zero-order chi connectivity index (χ0) is 14.8. The van der Waals surface area contributed by atoms with Crippen LogP contribution in [0.2, 0.25) is 0 Å². The minimum absolute atomic E-state index is 0.242. The Bertz CT molecular complexity index is 660. The number of aromatic nitrogens is 2. The summed E-state index contributed by atoms with van der Waals surface area (Å²) in [6.07, 6.45) is 4.56. The van der Waals surface area contributed by atoms with Gasteiger partial charge in [0.1, 0.15) is 5.01 Å². The van der Waals surface area contributed by atoms with Crippen molar-refractivity contribution in [2.24, 2.45) is 0 Å². The highest BCUT2D eigenvalue weighted by Crippen LogP contribution is 2.26. The van der Waals surface area contributed by atoms with E-state index in [0.717, 1.165) is 17.8 Å². The van der Waals surface area contributed by atoms with Gasteiger partial charge >= 0.3 is 0 Å². The summed E-state index contributed by atoms with van der Waals surface area (Å²) in [5, 5.41) is 3.76. The SMILES string of the molecule is Cc1nc(F)ccc1C(=O)NCc1nc2c(s1)CCCC2. The van der Waals surface area contributed by atoms with Gasteiger partial charge in [-0.15, -0.1) is 11.3 Å². The van der Waals surface area contributed by atoms with Crippen molar-refractivity contribution in [3.8, 4) is 0 Å². The van der Waals surface area contributed by atoms with Gasteiger partial charge in [-0.2, -0.15) is 4.39 Å². The molecule has 0 saturated heterocycles. The van der Waals surface area contributed by atoms with E-state index in [1.807, 2.05) is 0 Å². The second-order valence-electron chi connectivity index (χ2n) is 5.13. The highest BCUT2D eigenvalue weighted by atomic mass is 32.1. The second kappa shape index (κ2) is 5.89. The zero-order valence-corrected chi connectivity index (χ0v) is 12.6. The first-order valence-corrected chi connectivity index (χ1v) is 7.84. The molecule has 6 heteroatoms. The normalized spacial score (nSPS) is 13.8. The molecule has 0 spiro atoms. The van der Waals surface area contributed by atoms with Gasteiger partial charge in [0.05, 0.1) is 23.5 Å². The zero-order valence-electron chi connectivity index (χ0n) is 11.8. The quantitative estimate of drug-likeness (QED) is 0.887. The molecular weight excluding hydrogens is 289 g/mol. The maximum atomic E-state index is 12.9. The fourth-order valence-electron chi connectivity index (χ4n) is 2.50. The van der Waals surface area contributed by atoms with Gasteiger partial charge in [-0.3, -0.25) is 4.79 Å². The summed E-state index contributed by atoms with van der Waals surface area (Å²) in [6, 6.07) is 2.66. The predicted molar refractivity (Wildman–Crippen MR) is 78.9 cm³/mol. The summed E-state index contributed by atoms with van der Waals surface area (Å²) in [6.45, 7) is 2.04. The number of amides is 1. The minimum atomic E-state index is -0.573. The molecular formula is C15H16FN3OS. The molecule has 3 rings (SSSR count). The Morgan fingerprint density at radius 1 is 1.33 bits per heavy atom. The summed E-state index contributed by atoms with van der Waals surface area (Å²) in [5.41, 5.74) is 1.98. The van der Waals surface area contributed by atoms with Crippen LogP contribution < -0.4 is 5.32 Å². The van der Waals surface area contributed by atoms with Gasteiger partial charge in [0.15, 0.2) is 0 Å². The molecule has 0 fully saturated rings. The third-order valence-electron chi connectivity index (χ3n) is 3.59. The van der Waals surface area contributed by atoms with Crippen molar-refractivity contribution in [3.05, 3.63) is 44.9 Å². The number of pyridine rings is 1. The van der Waals surface area contributed by atoms with E-state index in [1.165, 1.54) is 35.5 Å². The average Bonchev–Trinajstić information content (AvgIpc) is 2.87. The van der Waals surface area contributed by atoms with E-state index in [2.05, 4.69) is 15.3 Å². The van der Waals surface area contributed by atoms with E-state index < -0.39 is 5.95 Å². The largest absolute Gasteiger partial charge is 0.345 e. The van der Waals surface area contributed by atoms with Crippen LogP contribution in [0, 0.1) is 12.9 Å². The molecule has 0 aromatic carbocycles. The third-order valence-corrected chi connectivity index (χ3v) is 4.74. The van der Waals surface area contributed by atoms with Crippen molar-refractivity contribution in [1.82, 2.24) is 15.3 Å². The van der Waals surface area contributed by atoms with Crippen molar-refractivity contribution in [2.75, 3.05) is 0 Å². The van der Waals surface area contributed by atoms with E-state index in [-0.39, 0.29) is 5.91 Å². The fraction of sp³-hybridized carbons (Fsp3) is 0.400. The monoisotopic (exact) mass is 305 g/mol. The number of thiazole rings is 1. The lowest BCUT2D eigenvalue weighted by Crippen LogP contribution is -2.24. The Morgan fingerprint density at radius 2 is 2.14 bits per heavy atom. The summed E-state index contributed by atoms with van der Waals surface area (Å²) in [7, 11) is 0. The molecule has 21 heavy (non-hydrogen) atoms. The van der Waals surface area contributed by atoms with Gasteiger partial charge < -0.3 is 5.32 Å². The molecule has 0 aliphatic heterocycles.